The van der Waals surface area contributed by atoms with Gasteiger partial charge in [0.1, 0.15) is 0 Å². The number of amides is 1. The minimum atomic E-state index is -0.933. The van der Waals surface area contributed by atoms with Crippen LogP contribution in [-0.4, -0.2) is 25.5 Å². The molecule has 1 fully saturated rings. The van der Waals surface area contributed by atoms with Crippen molar-refractivity contribution in [2.24, 2.45) is 5.92 Å². The van der Waals surface area contributed by atoms with Crippen LogP contribution < -0.4 is 10.6 Å². The van der Waals surface area contributed by atoms with E-state index >= 15 is 0 Å². The molecule has 1 saturated heterocycles. The summed E-state index contributed by atoms with van der Waals surface area (Å²) in [6, 6.07) is 3.89. The Labute approximate surface area is 111 Å². The molecule has 1 aliphatic heterocycles. The Kier molecular flexibility index (Phi) is 4.85. The molecule has 104 valence electrons. The lowest BCUT2D eigenvalue weighted by Gasteiger charge is -2.22. The summed E-state index contributed by atoms with van der Waals surface area (Å²) in [6.45, 7) is 2.51. The van der Waals surface area contributed by atoms with E-state index in [1.807, 2.05) is 0 Å². The number of rotatable bonds is 4. The van der Waals surface area contributed by atoms with Gasteiger partial charge in [-0.25, -0.2) is 8.78 Å². The molecule has 0 spiro atoms. The molecule has 1 atom stereocenters. The number of piperidine rings is 1. The molecule has 1 heterocycles. The van der Waals surface area contributed by atoms with Crippen LogP contribution in [0.15, 0.2) is 18.2 Å². The minimum Gasteiger partial charge on any atom is -0.355 e. The molecule has 1 aromatic carbocycles. The fourth-order valence-corrected chi connectivity index (χ4v) is 2.28. The molecule has 3 nitrogen and oxygen atoms in total. The topological polar surface area (TPSA) is 41.1 Å². The SMILES string of the molecule is O=C(Cc1cccc(F)c1F)NCC1CCCNC1. The van der Waals surface area contributed by atoms with Crippen molar-refractivity contribution in [2.45, 2.75) is 19.3 Å². The van der Waals surface area contributed by atoms with Crippen LogP contribution in [0.2, 0.25) is 0 Å². The van der Waals surface area contributed by atoms with Crippen LogP contribution in [0.4, 0.5) is 8.78 Å². The van der Waals surface area contributed by atoms with E-state index < -0.39 is 11.6 Å². The molecule has 5 heteroatoms. The smallest absolute Gasteiger partial charge is 0.224 e. The number of nitrogens with one attached hydrogen (secondary N) is 2. The number of halogens is 2. The molecule has 1 aliphatic rings. The van der Waals surface area contributed by atoms with Gasteiger partial charge in [0.05, 0.1) is 6.42 Å². The summed E-state index contributed by atoms with van der Waals surface area (Å²) in [7, 11) is 0. The second-order valence-electron chi connectivity index (χ2n) is 4.91. The molecule has 1 unspecified atom stereocenters. The summed E-state index contributed by atoms with van der Waals surface area (Å²) in [5, 5.41) is 6.04. The second kappa shape index (κ2) is 6.61. The van der Waals surface area contributed by atoms with Crippen molar-refractivity contribution in [3.8, 4) is 0 Å². The first-order valence-corrected chi connectivity index (χ1v) is 6.57. The largest absolute Gasteiger partial charge is 0.355 e. The fraction of sp³-hybridized carbons (Fsp3) is 0.500. The first-order chi connectivity index (χ1) is 9.16. The summed E-state index contributed by atoms with van der Waals surface area (Å²) in [6.07, 6.45) is 2.07. The zero-order chi connectivity index (χ0) is 13.7. The Hall–Kier alpha value is -1.49. The maximum Gasteiger partial charge on any atom is 0.224 e. The average Bonchev–Trinajstić information content (AvgIpc) is 2.43. The van der Waals surface area contributed by atoms with E-state index in [-0.39, 0.29) is 17.9 Å². The predicted molar refractivity (Wildman–Crippen MR) is 68.7 cm³/mol. The Morgan fingerprint density at radius 1 is 1.42 bits per heavy atom. The molecule has 0 radical (unpaired) electrons. The van der Waals surface area contributed by atoms with Crippen molar-refractivity contribution < 1.29 is 13.6 Å². The van der Waals surface area contributed by atoms with Crippen molar-refractivity contribution in [1.82, 2.24) is 10.6 Å². The van der Waals surface area contributed by atoms with Crippen molar-refractivity contribution in [3.05, 3.63) is 35.4 Å². The van der Waals surface area contributed by atoms with Gasteiger partial charge in [-0.05, 0) is 37.9 Å². The first kappa shape index (κ1) is 13.9. The molecule has 0 aliphatic carbocycles. The Morgan fingerprint density at radius 3 is 3.00 bits per heavy atom. The van der Waals surface area contributed by atoms with Gasteiger partial charge in [-0.15, -0.1) is 0 Å². The van der Waals surface area contributed by atoms with Gasteiger partial charge < -0.3 is 10.6 Å². The van der Waals surface area contributed by atoms with Crippen LogP contribution in [0.1, 0.15) is 18.4 Å². The number of carbonyl (C=O) groups is 1. The quantitative estimate of drug-likeness (QED) is 0.871. The number of hydrogen-bond acceptors (Lipinski definition) is 2. The molecule has 19 heavy (non-hydrogen) atoms. The molecule has 0 aromatic heterocycles. The Morgan fingerprint density at radius 2 is 2.26 bits per heavy atom. The highest BCUT2D eigenvalue weighted by Gasteiger charge is 2.15. The molecular weight excluding hydrogens is 250 g/mol. The van der Waals surface area contributed by atoms with Gasteiger partial charge in [0.15, 0.2) is 11.6 Å². The highest BCUT2D eigenvalue weighted by atomic mass is 19.2. The molecule has 1 aromatic rings. The summed E-state index contributed by atoms with van der Waals surface area (Å²) < 4.78 is 26.4. The van der Waals surface area contributed by atoms with Crippen LogP contribution in [-0.2, 0) is 11.2 Å². The summed E-state index contributed by atoms with van der Waals surface area (Å²) in [4.78, 5) is 11.7. The maximum atomic E-state index is 13.4. The van der Waals surface area contributed by atoms with E-state index in [0.29, 0.717) is 12.5 Å². The second-order valence-corrected chi connectivity index (χ2v) is 4.91. The summed E-state index contributed by atoms with van der Waals surface area (Å²) in [5.41, 5.74) is 0.0965. The van der Waals surface area contributed by atoms with Crippen molar-refractivity contribution in [1.29, 1.82) is 0 Å². The lowest BCUT2D eigenvalue weighted by Crippen LogP contribution is -2.38. The van der Waals surface area contributed by atoms with Crippen LogP contribution in [0.5, 0.6) is 0 Å². The van der Waals surface area contributed by atoms with Crippen molar-refractivity contribution in [3.63, 3.8) is 0 Å². The van der Waals surface area contributed by atoms with Gasteiger partial charge >= 0.3 is 0 Å². The number of benzene rings is 1. The van der Waals surface area contributed by atoms with Crippen molar-refractivity contribution in [2.75, 3.05) is 19.6 Å². The highest BCUT2D eigenvalue weighted by Crippen LogP contribution is 2.12. The summed E-state index contributed by atoms with van der Waals surface area (Å²) >= 11 is 0. The van der Waals surface area contributed by atoms with E-state index in [9.17, 15) is 13.6 Å². The minimum absolute atomic E-state index is 0.0965. The number of carbonyl (C=O) groups excluding carboxylic acids is 1. The van der Waals surface area contributed by atoms with Gasteiger partial charge in [-0.3, -0.25) is 4.79 Å². The van der Waals surface area contributed by atoms with Gasteiger partial charge in [-0.2, -0.15) is 0 Å². The van der Waals surface area contributed by atoms with Gasteiger partial charge in [0.25, 0.3) is 0 Å². The monoisotopic (exact) mass is 268 g/mol. The van der Waals surface area contributed by atoms with E-state index in [2.05, 4.69) is 10.6 Å². The van der Waals surface area contributed by atoms with Gasteiger partial charge in [0.2, 0.25) is 5.91 Å². The summed E-state index contributed by atoms with van der Waals surface area (Å²) in [5.74, 6) is -1.69. The van der Waals surface area contributed by atoms with Crippen LogP contribution in [0.3, 0.4) is 0 Å². The maximum absolute atomic E-state index is 13.4. The third-order valence-electron chi connectivity index (χ3n) is 3.37. The van der Waals surface area contributed by atoms with Crippen LogP contribution in [0.25, 0.3) is 0 Å². The lowest BCUT2D eigenvalue weighted by molar-refractivity contribution is -0.120. The normalized spacial score (nSPS) is 19.2. The molecule has 2 rings (SSSR count). The zero-order valence-corrected chi connectivity index (χ0v) is 10.7. The molecule has 0 bridgehead atoms. The van der Waals surface area contributed by atoms with Crippen molar-refractivity contribution >= 4 is 5.91 Å². The fourth-order valence-electron chi connectivity index (χ4n) is 2.28. The third kappa shape index (κ3) is 3.99. The van der Waals surface area contributed by atoms with Gasteiger partial charge in [-0.1, -0.05) is 12.1 Å². The number of hydrogen-bond donors (Lipinski definition) is 2. The van der Waals surface area contributed by atoms with E-state index in [4.69, 9.17) is 0 Å². The highest BCUT2D eigenvalue weighted by molar-refractivity contribution is 5.78. The van der Waals surface area contributed by atoms with Gasteiger partial charge in [0, 0.05) is 12.1 Å². The Bertz CT molecular complexity index is 445. The zero-order valence-electron chi connectivity index (χ0n) is 10.7. The molecular formula is C14H18F2N2O. The average molecular weight is 268 g/mol. The molecule has 1 amide bonds. The third-order valence-corrected chi connectivity index (χ3v) is 3.37. The van der Waals surface area contributed by atoms with E-state index in [1.165, 1.54) is 12.1 Å². The molecule has 2 N–H and O–H groups in total. The van der Waals surface area contributed by atoms with Crippen LogP contribution >= 0.6 is 0 Å². The predicted octanol–water partition coefficient (Wildman–Crippen LogP) is 1.62. The standard InChI is InChI=1S/C14H18F2N2O/c15-12-5-1-4-11(14(12)16)7-13(19)18-9-10-3-2-6-17-8-10/h1,4-5,10,17H,2-3,6-9H2,(H,18,19). The van der Waals surface area contributed by atoms with Crippen LogP contribution in [0, 0.1) is 17.6 Å². The van der Waals surface area contributed by atoms with E-state index in [1.54, 1.807) is 0 Å². The molecule has 0 saturated carbocycles. The Balaban J connectivity index is 1.82. The lowest BCUT2D eigenvalue weighted by atomic mass is 9.99. The van der Waals surface area contributed by atoms with E-state index in [0.717, 1.165) is 32.0 Å². The first-order valence-electron chi connectivity index (χ1n) is 6.57.